The lowest BCUT2D eigenvalue weighted by Gasteiger charge is -2.12. The van der Waals surface area contributed by atoms with Crippen LogP contribution in [0.3, 0.4) is 0 Å². The van der Waals surface area contributed by atoms with Crippen molar-refractivity contribution in [3.63, 3.8) is 0 Å². The minimum absolute atomic E-state index is 0.0551. The first kappa shape index (κ1) is 14.5. The molecule has 5 nitrogen and oxygen atoms in total. The summed E-state index contributed by atoms with van der Waals surface area (Å²) in [5.41, 5.74) is 1.62. The number of pyridine rings is 1. The van der Waals surface area contributed by atoms with E-state index in [1.54, 1.807) is 24.5 Å². The van der Waals surface area contributed by atoms with E-state index >= 15 is 0 Å². The van der Waals surface area contributed by atoms with Crippen LogP contribution in [0.2, 0.25) is 0 Å². The van der Waals surface area contributed by atoms with E-state index in [1.165, 1.54) is 0 Å². The van der Waals surface area contributed by atoms with Crippen LogP contribution in [0.25, 0.3) is 0 Å². The molecule has 1 fully saturated rings. The molecule has 3 rings (SSSR count). The minimum Gasteiger partial charge on any atom is -0.489 e. The number of nitrogens with one attached hydrogen (secondary N) is 2. The van der Waals surface area contributed by atoms with Gasteiger partial charge in [0, 0.05) is 36.1 Å². The van der Waals surface area contributed by atoms with Crippen molar-refractivity contribution in [3.05, 3.63) is 59.9 Å². The maximum Gasteiger partial charge on any atom is 0.251 e. The van der Waals surface area contributed by atoms with Gasteiger partial charge in [-0.15, -0.1) is 0 Å². The molecule has 0 aliphatic carbocycles. The fourth-order valence-corrected chi connectivity index (χ4v) is 2.42. The smallest absolute Gasteiger partial charge is 0.251 e. The van der Waals surface area contributed by atoms with Gasteiger partial charge in [-0.25, -0.2) is 0 Å². The second-order valence-corrected chi connectivity index (χ2v) is 5.34. The highest BCUT2D eigenvalue weighted by Crippen LogP contribution is 2.15. The standard InChI is InChI=1S/C17H19N3O2/c21-17(20-15-6-8-19-11-15)14-4-1-5-16(9-14)22-12-13-3-2-7-18-10-13/h1-5,7,9-10,15,19H,6,8,11-12H2,(H,20,21). The Bertz CT molecular complexity index is 625. The zero-order valence-electron chi connectivity index (χ0n) is 12.3. The van der Waals surface area contributed by atoms with E-state index in [2.05, 4.69) is 15.6 Å². The zero-order valence-corrected chi connectivity index (χ0v) is 12.3. The van der Waals surface area contributed by atoms with Gasteiger partial charge in [-0.2, -0.15) is 0 Å². The summed E-state index contributed by atoms with van der Waals surface area (Å²) in [6.45, 7) is 2.23. The van der Waals surface area contributed by atoms with Crippen LogP contribution in [0.5, 0.6) is 5.75 Å². The van der Waals surface area contributed by atoms with E-state index < -0.39 is 0 Å². The molecule has 0 bridgehead atoms. The molecular formula is C17H19N3O2. The molecule has 5 heteroatoms. The molecule has 2 N–H and O–H groups in total. The molecule has 1 aliphatic heterocycles. The van der Waals surface area contributed by atoms with Crippen molar-refractivity contribution in [2.45, 2.75) is 19.1 Å². The van der Waals surface area contributed by atoms with Gasteiger partial charge in [0.1, 0.15) is 12.4 Å². The summed E-state index contributed by atoms with van der Waals surface area (Å²) in [6, 6.07) is 11.3. The van der Waals surface area contributed by atoms with Crippen molar-refractivity contribution in [1.82, 2.24) is 15.6 Å². The highest BCUT2D eigenvalue weighted by atomic mass is 16.5. The number of nitrogens with zero attached hydrogens (tertiary/aromatic N) is 1. The summed E-state index contributed by atoms with van der Waals surface area (Å²) in [5, 5.41) is 6.26. The van der Waals surface area contributed by atoms with Crippen LogP contribution >= 0.6 is 0 Å². The number of benzene rings is 1. The number of aromatic nitrogens is 1. The molecule has 0 spiro atoms. The third-order valence-electron chi connectivity index (χ3n) is 3.62. The van der Waals surface area contributed by atoms with Crippen molar-refractivity contribution < 1.29 is 9.53 Å². The van der Waals surface area contributed by atoms with Crippen LogP contribution in [0.15, 0.2) is 48.8 Å². The van der Waals surface area contributed by atoms with Crippen LogP contribution in [-0.4, -0.2) is 30.0 Å². The predicted octanol–water partition coefficient (Wildman–Crippen LogP) is 1.75. The van der Waals surface area contributed by atoms with Crippen LogP contribution in [0, 0.1) is 0 Å². The first-order chi connectivity index (χ1) is 10.8. The topological polar surface area (TPSA) is 63.2 Å². The van der Waals surface area contributed by atoms with Gasteiger partial charge in [0.2, 0.25) is 0 Å². The Balaban J connectivity index is 1.60. The second kappa shape index (κ2) is 7.04. The fourth-order valence-electron chi connectivity index (χ4n) is 2.42. The highest BCUT2D eigenvalue weighted by Gasteiger charge is 2.17. The quantitative estimate of drug-likeness (QED) is 0.882. The Labute approximate surface area is 129 Å². The molecule has 0 saturated carbocycles. The second-order valence-electron chi connectivity index (χ2n) is 5.34. The van der Waals surface area contributed by atoms with Crippen LogP contribution < -0.4 is 15.4 Å². The number of carbonyl (C=O) groups excluding carboxylic acids is 1. The maximum atomic E-state index is 12.2. The monoisotopic (exact) mass is 297 g/mol. The third-order valence-corrected chi connectivity index (χ3v) is 3.62. The van der Waals surface area contributed by atoms with Crippen LogP contribution in [0.4, 0.5) is 0 Å². The molecule has 114 valence electrons. The highest BCUT2D eigenvalue weighted by molar-refractivity contribution is 5.94. The molecule has 1 atom stereocenters. The predicted molar refractivity (Wildman–Crippen MR) is 83.8 cm³/mol. The lowest BCUT2D eigenvalue weighted by molar-refractivity contribution is 0.0939. The number of ether oxygens (including phenoxy) is 1. The van der Waals surface area contributed by atoms with Crippen molar-refractivity contribution in [2.24, 2.45) is 0 Å². The summed E-state index contributed by atoms with van der Waals surface area (Å²) in [6.07, 6.45) is 4.47. The lowest BCUT2D eigenvalue weighted by atomic mass is 10.1. The summed E-state index contributed by atoms with van der Waals surface area (Å²) in [5.74, 6) is 0.626. The van der Waals surface area contributed by atoms with Gasteiger partial charge in [-0.05, 0) is 37.2 Å². The average molecular weight is 297 g/mol. The first-order valence-corrected chi connectivity index (χ1v) is 7.44. The normalized spacial score (nSPS) is 17.2. The number of hydrogen-bond donors (Lipinski definition) is 2. The molecule has 2 heterocycles. The van der Waals surface area contributed by atoms with E-state index in [0.29, 0.717) is 17.9 Å². The van der Waals surface area contributed by atoms with E-state index in [1.807, 2.05) is 24.3 Å². The van der Waals surface area contributed by atoms with Gasteiger partial charge in [-0.3, -0.25) is 9.78 Å². The van der Waals surface area contributed by atoms with Crippen molar-refractivity contribution in [1.29, 1.82) is 0 Å². The van der Waals surface area contributed by atoms with Gasteiger partial charge in [0.05, 0.1) is 0 Å². The minimum atomic E-state index is -0.0551. The van der Waals surface area contributed by atoms with Gasteiger partial charge < -0.3 is 15.4 Å². The van der Waals surface area contributed by atoms with Gasteiger partial charge >= 0.3 is 0 Å². The van der Waals surface area contributed by atoms with Gasteiger partial charge in [-0.1, -0.05) is 12.1 Å². The number of carbonyl (C=O) groups is 1. The number of rotatable bonds is 5. The Morgan fingerprint density at radius 2 is 2.32 bits per heavy atom. The van der Waals surface area contributed by atoms with Crippen molar-refractivity contribution in [2.75, 3.05) is 13.1 Å². The molecule has 1 aromatic heterocycles. The van der Waals surface area contributed by atoms with Crippen molar-refractivity contribution >= 4 is 5.91 Å². The lowest BCUT2D eigenvalue weighted by Crippen LogP contribution is -2.36. The summed E-state index contributed by atoms with van der Waals surface area (Å²) >= 11 is 0. The van der Waals surface area contributed by atoms with Crippen molar-refractivity contribution in [3.8, 4) is 5.75 Å². The molecular weight excluding hydrogens is 278 g/mol. The largest absolute Gasteiger partial charge is 0.489 e. The Morgan fingerprint density at radius 1 is 1.36 bits per heavy atom. The summed E-state index contributed by atoms with van der Waals surface area (Å²) in [4.78, 5) is 16.3. The molecule has 22 heavy (non-hydrogen) atoms. The number of amides is 1. The van der Waals surface area contributed by atoms with Gasteiger partial charge in [0.25, 0.3) is 5.91 Å². The van der Waals surface area contributed by atoms with E-state index in [-0.39, 0.29) is 11.9 Å². The number of hydrogen-bond acceptors (Lipinski definition) is 4. The Kier molecular flexibility index (Phi) is 4.65. The fraction of sp³-hybridized carbons (Fsp3) is 0.294. The molecule has 2 aromatic rings. The van der Waals surface area contributed by atoms with E-state index in [0.717, 1.165) is 25.1 Å². The Hall–Kier alpha value is -2.40. The van der Waals surface area contributed by atoms with Crippen LogP contribution in [-0.2, 0) is 6.61 Å². The molecule has 1 aromatic carbocycles. The maximum absolute atomic E-state index is 12.2. The summed E-state index contributed by atoms with van der Waals surface area (Å²) < 4.78 is 5.72. The average Bonchev–Trinajstić information content (AvgIpc) is 3.07. The molecule has 0 radical (unpaired) electrons. The molecule has 1 amide bonds. The SMILES string of the molecule is O=C(NC1CCNC1)c1cccc(OCc2cccnc2)c1. The molecule has 1 saturated heterocycles. The van der Waals surface area contributed by atoms with E-state index in [9.17, 15) is 4.79 Å². The van der Waals surface area contributed by atoms with E-state index in [4.69, 9.17) is 4.74 Å². The van der Waals surface area contributed by atoms with Crippen LogP contribution in [0.1, 0.15) is 22.3 Å². The molecule has 1 aliphatic rings. The zero-order chi connectivity index (χ0) is 15.2. The summed E-state index contributed by atoms with van der Waals surface area (Å²) in [7, 11) is 0. The Morgan fingerprint density at radius 3 is 3.09 bits per heavy atom. The first-order valence-electron chi connectivity index (χ1n) is 7.44. The molecule has 1 unspecified atom stereocenters. The third kappa shape index (κ3) is 3.83. The van der Waals surface area contributed by atoms with Gasteiger partial charge in [0.15, 0.2) is 0 Å².